The van der Waals surface area contributed by atoms with Crippen LogP contribution in [0.1, 0.15) is 60.0 Å². The summed E-state index contributed by atoms with van der Waals surface area (Å²) in [7, 11) is -2.06. The zero-order valence-corrected chi connectivity index (χ0v) is 32.4. The minimum absolute atomic E-state index is 0.0488. The predicted molar refractivity (Wildman–Crippen MR) is 202 cm³/mol. The van der Waals surface area contributed by atoms with E-state index in [-0.39, 0.29) is 54.6 Å². The summed E-state index contributed by atoms with van der Waals surface area (Å²) in [6, 6.07) is 4.99. The van der Waals surface area contributed by atoms with Gasteiger partial charge in [-0.2, -0.15) is 35.3 Å². The minimum atomic E-state index is -4.64. The number of benzene rings is 1. The number of rotatable bonds is 9. The van der Waals surface area contributed by atoms with Crippen molar-refractivity contribution in [2.75, 3.05) is 69.1 Å². The summed E-state index contributed by atoms with van der Waals surface area (Å²) in [6.45, 7) is 6.05. The van der Waals surface area contributed by atoms with E-state index in [9.17, 15) is 36.0 Å². The molecule has 1 aromatic carbocycles. The Morgan fingerprint density at radius 3 is 2.26 bits per heavy atom. The number of aryl methyl sites for hydroxylation is 1. The molecule has 20 heteroatoms. The van der Waals surface area contributed by atoms with Crippen LogP contribution in [0.2, 0.25) is 0 Å². The van der Waals surface area contributed by atoms with Crippen molar-refractivity contribution in [2.45, 2.75) is 63.3 Å². The number of hydrogen-bond acceptors (Lipinski definition) is 11. The van der Waals surface area contributed by atoms with Crippen LogP contribution in [0.15, 0.2) is 36.8 Å². The summed E-state index contributed by atoms with van der Waals surface area (Å²) in [5.74, 6) is -0.484. The Kier molecular flexibility index (Phi) is 10.7. The molecule has 0 radical (unpaired) electrons. The van der Waals surface area contributed by atoms with Gasteiger partial charge in [0.1, 0.15) is 11.6 Å². The molecule has 4 fully saturated rings. The minimum Gasteiger partial charge on any atom is -0.369 e. The third kappa shape index (κ3) is 8.22. The number of amides is 3. The highest BCUT2D eigenvalue weighted by molar-refractivity contribution is 7.86. The van der Waals surface area contributed by atoms with Crippen molar-refractivity contribution in [1.29, 1.82) is 0 Å². The number of alkyl halides is 3. The molecule has 3 amide bonds. The molecular weight excluding hydrogens is 768 g/mol. The smallest absolute Gasteiger partial charge is 0.369 e. The van der Waals surface area contributed by atoms with Crippen LogP contribution in [0, 0.1) is 5.92 Å². The van der Waals surface area contributed by atoms with E-state index in [1.165, 1.54) is 21.4 Å². The second kappa shape index (κ2) is 15.6. The Bertz CT molecular complexity index is 2130. The van der Waals surface area contributed by atoms with Gasteiger partial charge in [0.15, 0.2) is 0 Å². The van der Waals surface area contributed by atoms with Gasteiger partial charge in [-0.3, -0.25) is 29.3 Å². The maximum Gasteiger partial charge on any atom is 0.419 e. The molecule has 57 heavy (non-hydrogen) atoms. The lowest BCUT2D eigenvalue weighted by Gasteiger charge is -2.40. The maximum absolute atomic E-state index is 13.7. The van der Waals surface area contributed by atoms with Crippen molar-refractivity contribution in [2.24, 2.45) is 13.0 Å². The van der Waals surface area contributed by atoms with Gasteiger partial charge in [0, 0.05) is 114 Å². The van der Waals surface area contributed by atoms with Crippen LogP contribution < -0.4 is 15.5 Å². The van der Waals surface area contributed by atoms with Crippen molar-refractivity contribution in [3.63, 3.8) is 0 Å². The van der Waals surface area contributed by atoms with Gasteiger partial charge in [-0.15, -0.1) is 0 Å². The van der Waals surface area contributed by atoms with E-state index < -0.39 is 33.9 Å². The first-order chi connectivity index (χ1) is 27.2. The maximum atomic E-state index is 13.7. The molecule has 0 saturated carbocycles. The first-order valence-electron chi connectivity index (χ1n) is 19.4. The molecule has 3 aromatic rings. The molecule has 5 aliphatic rings. The number of imide groups is 1. The number of piperazine rings is 1. The fourth-order valence-corrected chi connectivity index (χ4v) is 10.3. The highest BCUT2D eigenvalue weighted by Crippen LogP contribution is 2.36. The second-order valence-corrected chi connectivity index (χ2v) is 17.5. The number of piperidine rings is 3. The molecule has 2 aromatic heterocycles. The summed E-state index contributed by atoms with van der Waals surface area (Å²) in [6.07, 6.45) is 1.90. The van der Waals surface area contributed by atoms with E-state index in [0.717, 1.165) is 63.0 Å². The third-order valence-corrected chi connectivity index (χ3v) is 13.9. The Hall–Kier alpha value is -4.66. The van der Waals surface area contributed by atoms with Gasteiger partial charge < -0.3 is 15.1 Å². The van der Waals surface area contributed by atoms with Crippen LogP contribution in [0.25, 0.3) is 11.3 Å². The monoisotopic (exact) mass is 813 g/mol. The number of nitrogens with zero attached hydrogens (tertiary/aromatic N) is 9. The highest BCUT2D eigenvalue weighted by Gasteiger charge is 2.40. The Morgan fingerprint density at radius 1 is 0.912 bits per heavy atom. The number of carbonyl (C=O) groups excluding carboxylic acids is 3. The van der Waals surface area contributed by atoms with Gasteiger partial charge in [0.05, 0.1) is 11.9 Å². The normalized spacial score (nSPS) is 22.6. The SMILES string of the molecule is Cn1cc(-c2nc(NC3CCN(S(=O)(=O)N4CCC(CN5CCN(c6ccc7c(c6)CN(C6CCC(=O)NC6=O)C7=O)CC5)CC4)CC3)ncc2C(F)(F)F)cn1. The fraction of sp³-hybridized carbons (Fsp3) is 0.568. The fourth-order valence-electron chi connectivity index (χ4n) is 8.63. The van der Waals surface area contributed by atoms with E-state index >= 15 is 0 Å². The van der Waals surface area contributed by atoms with Crippen LogP contribution in [0.4, 0.5) is 24.8 Å². The van der Waals surface area contributed by atoms with E-state index in [1.807, 2.05) is 18.2 Å². The number of aromatic nitrogens is 4. The third-order valence-electron chi connectivity index (χ3n) is 11.8. The summed E-state index contributed by atoms with van der Waals surface area (Å²) >= 11 is 0. The van der Waals surface area contributed by atoms with E-state index in [0.29, 0.717) is 50.4 Å². The summed E-state index contributed by atoms with van der Waals surface area (Å²) in [5, 5.41) is 9.44. The van der Waals surface area contributed by atoms with Gasteiger partial charge >= 0.3 is 6.18 Å². The van der Waals surface area contributed by atoms with Crippen molar-refractivity contribution < 1.29 is 36.0 Å². The number of anilines is 2. The molecule has 7 heterocycles. The Labute approximate surface area is 328 Å². The summed E-state index contributed by atoms with van der Waals surface area (Å²) < 4.78 is 72.9. The Balaban J connectivity index is 0.782. The highest BCUT2D eigenvalue weighted by atomic mass is 32.2. The van der Waals surface area contributed by atoms with Crippen molar-refractivity contribution in [3.8, 4) is 11.3 Å². The largest absolute Gasteiger partial charge is 0.419 e. The average molecular weight is 814 g/mol. The van der Waals surface area contributed by atoms with E-state index in [4.69, 9.17) is 0 Å². The molecule has 0 aliphatic carbocycles. The molecule has 1 atom stereocenters. The van der Waals surface area contributed by atoms with Crippen LogP contribution in [0.3, 0.4) is 0 Å². The van der Waals surface area contributed by atoms with Gasteiger partial charge in [0.25, 0.3) is 16.1 Å². The van der Waals surface area contributed by atoms with Gasteiger partial charge in [-0.25, -0.2) is 9.97 Å². The predicted octanol–water partition coefficient (Wildman–Crippen LogP) is 2.31. The van der Waals surface area contributed by atoms with Crippen molar-refractivity contribution >= 4 is 39.6 Å². The van der Waals surface area contributed by atoms with Crippen LogP contribution >= 0.6 is 0 Å². The second-order valence-electron chi connectivity index (χ2n) is 15.6. The molecular formula is C37H46F3N11O5S. The van der Waals surface area contributed by atoms with Crippen molar-refractivity contribution in [3.05, 3.63) is 53.5 Å². The lowest BCUT2D eigenvalue weighted by atomic mass is 9.97. The first-order valence-corrected chi connectivity index (χ1v) is 20.8. The zero-order valence-electron chi connectivity index (χ0n) is 31.6. The molecule has 306 valence electrons. The first kappa shape index (κ1) is 39.2. The quantitative estimate of drug-likeness (QED) is 0.304. The standard InChI is InChI=1S/C37H46F3N11O5S/c1-46-22-26(19-42-46)33-30(37(38,39)40)20-41-36(45-33)43-27-8-12-50(13-9-27)57(55,56)49-10-6-24(7-11-49)21-47-14-16-48(17-15-47)28-2-3-29-25(18-28)23-51(35(29)54)31-4-5-32(52)44-34(31)53/h2-3,18-20,22,24,27,31H,4-17,21,23H2,1H3,(H,41,43,45)(H,44,52,53). The average Bonchev–Trinajstić information content (AvgIpc) is 3.77. The molecule has 0 spiro atoms. The molecule has 0 bridgehead atoms. The van der Waals surface area contributed by atoms with Crippen LogP contribution in [0.5, 0.6) is 0 Å². The number of hydrogen-bond donors (Lipinski definition) is 2. The number of halogens is 3. The lowest BCUT2D eigenvalue weighted by molar-refractivity contribution is -0.138. The lowest BCUT2D eigenvalue weighted by Crippen LogP contribution is -2.52. The zero-order chi connectivity index (χ0) is 40.1. The molecule has 1 unspecified atom stereocenters. The molecule has 2 N–H and O–H groups in total. The summed E-state index contributed by atoms with van der Waals surface area (Å²) in [5.41, 5.74) is 1.51. The van der Waals surface area contributed by atoms with Crippen LogP contribution in [-0.2, 0) is 39.6 Å². The molecule has 4 saturated heterocycles. The van der Waals surface area contributed by atoms with Gasteiger partial charge in [-0.1, -0.05) is 0 Å². The number of fused-ring (bicyclic) bond motifs is 1. The number of carbonyl (C=O) groups is 3. The van der Waals surface area contributed by atoms with Crippen molar-refractivity contribution in [1.82, 2.24) is 43.5 Å². The molecule has 16 nitrogen and oxygen atoms in total. The van der Waals surface area contributed by atoms with Gasteiger partial charge in [-0.05, 0) is 61.8 Å². The topological polar surface area (TPSA) is 169 Å². The Morgan fingerprint density at radius 2 is 1.61 bits per heavy atom. The van der Waals surface area contributed by atoms with E-state index in [2.05, 4.69) is 35.5 Å². The molecule has 5 aliphatic heterocycles. The number of nitrogens with one attached hydrogen (secondary N) is 2. The van der Waals surface area contributed by atoms with Crippen LogP contribution in [-0.4, -0.2) is 135 Å². The van der Waals surface area contributed by atoms with E-state index in [1.54, 1.807) is 16.3 Å². The molecule has 8 rings (SSSR count). The summed E-state index contributed by atoms with van der Waals surface area (Å²) in [4.78, 5) is 51.6. The van der Waals surface area contributed by atoms with Gasteiger partial charge in [0.2, 0.25) is 17.8 Å².